The van der Waals surface area contributed by atoms with E-state index in [1.165, 1.54) is 12.1 Å². The van der Waals surface area contributed by atoms with E-state index >= 15 is 0 Å². The standard InChI is InChI=1S/C15H14F2N4O3S/c1-7-11(13(22)19-14(23)18-7)5-12-20-21-15(24-12)25-6-8-2-9(16)4-10(17)3-8/h2-4,7,11H,5-6H2,1H3,(H2,18,19,22,23). The Morgan fingerprint density at radius 2 is 1.92 bits per heavy atom. The van der Waals surface area contributed by atoms with Gasteiger partial charge >= 0.3 is 6.03 Å². The smallest absolute Gasteiger partial charge is 0.321 e. The third kappa shape index (κ3) is 4.32. The minimum Gasteiger partial charge on any atom is -0.416 e. The second-order valence-electron chi connectivity index (χ2n) is 5.59. The number of nitrogens with zero attached hydrogens (tertiary/aromatic N) is 2. The molecule has 25 heavy (non-hydrogen) atoms. The first kappa shape index (κ1) is 17.3. The number of thioether (sulfide) groups is 1. The van der Waals surface area contributed by atoms with Crippen molar-refractivity contribution in [2.45, 2.75) is 30.4 Å². The molecule has 3 rings (SSSR count). The van der Waals surface area contributed by atoms with Crippen LogP contribution in [0.1, 0.15) is 18.4 Å². The minimum atomic E-state index is -0.652. The Kier molecular flexibility index (Phi) is 4.98. The Bertz CT molecular complexity index is 794. The highest BCUT2D eigenvalue weighted by atomic mass is 32.2. The molecule has 0 radical (unpaired) electrons. The van der Waals surface area contributed by atoms with Crippen molar-refractivity contribution in [2.75, 3.05) is 0 Å². The summed E-state index contributed by atoms with van der Waals surface area (Å²) >= 11 is 1.13. The number of amides is 3. The highest BCUT2D eigenvalue weighted by Gasteiger charge is 2.34. The second-order valence-corrected chi connectivity index (χ2v) is 6.52. The van der Waals surface area contributed by atoms with Crippen LogP contribution in [0.15, 0.2) is 27.8 Å². The molecular weight excluding hydrogens is 354 g/mol. The summed E-state index contributed by atoms with van der Waals surface area (Å²) in [7, 11) is 0. The third-order valence-electron chi connectivity index (χ3n) is 3.66. The lowest BCUT2D eigenvalue weighted by Crippen LogP contribution is -2.57. The normalized spacial score (nSPS) is 20.3. The maximum Gasteiger partial charge on any atom is 0.321 e. The van der Waals surface area contributed by atoms with Gasteiger partial charge < -0.3 is 9.73 Å². The number of benzene rings is 1. The van der Waals surface area contributed by atoms with Crippen molar-refractivity contribution in [3.05, 3.63) is 41.3 Å². The van der Waals surface area contributed by atoms with Gasteiger partial charge in [-0.15, -0.1) is 10.2 Å². The van der Waals surface area contributed by atoms with Gasteiger partial charge in [-0.25, -0.2) is 13.6 Å². The van der Waals surface area contributed by atoms with Gasteiger partial charge in [0.25, 0.3) is 5.22 Å². The molecule has 1 aromatic carbocycles. The molecule has 1 saturated heterocycles. The Morgan fingerprint density at radius 3 is 2.60 bits per heavy atom. The fraction of sp³-hybridized carbons (Fsp3) is 0.333. The van der Waals surface area contributed by atoms with Crippen LogP contribution in [0.2, 0.25) is 0 Å². The predicted octanol–water partition coefficient (Wildman–Crippen LogP) is 2.03. The van der Waals surface area contributed by atoms with Crippen LogP contribution in [0.5, 0.6) is 0 Å². The predicted molar refractivity (Wildman–Crippen MR) is 83.5 cm³/mol. The lowest BCUT2D eigenvalue weighted by molar-refractivity contribution is -0.125. The first-order chi connectivity index (χ1) is 11.9. The molecule has 0 bridgehead atoms. The maximum atomic E-state index is 13.2. The molecule has 0 saturated carbocycles. The summed E-state index contributed by atoms with van der Waals surface area (Å²) in [6.07, 6.45) is 0.176. The van der Waals surface area contributed by atoms with Gasteiger partial charge in [-0.2, -0.15) is 0 Å². The van der Waals surface area contributed by atoms with Crippen LogP contribution in [0.4, 0.5) is 13.6 Å². The number of hydrogen-bond donors (Lipinski definition) is 2. The highest BCUT2D eigenvalue weighted by Crippen LogP contribution is 2.24. The van der Waals surface area contributed by atoms with E-state index in [1.54, 1.807) is 6.92 Å². The molecule has 0 aliphatic carbocycles. The molecule has 132 valence electrons. The van der Waals surface area contributed by atoms with Crippen molar-refractivity contribution in [3.63, 3.8) is 0 Å². The molecule has 1 fully saturated rings. The zero-order chi connectivity index (χ0) is 18.0. The van der Waals surface area contributed by atoms with Gasteiger partial charge in [-0.3, -0.25) is 10.1 Å². The average molecular weight is 368 g/mol. The first-order valence-corrected chi connectivity index (χ1v) is 8.41. The van der Waals surface area contributed by atoms with E-state index in [4.69, 9.17) is 4.42 Å². The van der Waals surface area contributed by atoms with Crippen LogP contribution >= 0.6 is 11.8 Å². The van der Waals surface area contributed by atoms with Gasteiger partial charge in [0.2, 0.25) is 11.8 Å². The number of carbonyl (C=O) groups is 2. The minimum absolute atomic E-state index is 0.176. The molecular formula is C15H14F2N4O3S. The molecule has 10 heteroatoms. The van der Waals surface area contributed by atoms with Crippen LogP contribution in [-0.2, 0) is 17.0 Å². The van der Waals surface area contributed by atoms with E-state index in [1.807, 2.05) is 0 Å². The fourth-order valence-corrected chi connectivity index (χ4v) is 3.16. The van der Waals surface area contributed by atoms with Crippen molar-refractivity contribution < 1.29 is 22.8 Å². The monoisotopic (exact) mass is 368 g/mol. The largest absolute Gasteiger partial charge is 0.416 e. The van der Waals surface area contributed by atoms with E-state index in [0.29, 0.717) is 5.56 Å². The molecule has 0 spiro atoms. The van der Waals surface area contributed by atoms with Gasteiger partial charge in [0.1, 0.15) is 11.6 Å². The molecule has 2 atom stereocenters. The Balaban J connectivity index is 1.60. The zero-order valence-electron chi connectivity index (χ0n) is 13.1. The molecule has 1 aromatic heterocycles. The molecule has 2 aromatic rings. The van der Waals surface area contributed by atoms with Gasteiger partial charge in [-0.1, -0.05) is 11.8 Å². The second kappa shape index (κ2) is 7.18. The van der Waals surface area contributed by atoms with Gasteiger partial charge in [0.05, 0.1) is 5.92 Å². The van der Waals surface area contributed by atoms with Crippen LogP contribution in [-0.4, -0.2) is 28.2 Å². The van der Waals surface area contributed by atoms with Crippen LogP contribution in [0.3, 0.4) is 0 Å². The summed E-state index contributed by atoms with van der Waals surface area (Å²) in [6.45, 7) is 1.71. The maximum absolute atomic E-state index is 13.2. The average Bonchev–Trinajstić information content (AvgIpc) is 2.95. The van der Waals surface area contributed by atoms with Crippen molar-refractivity contribution in [3.8, 4) is 0 Å². The number of aromatic nitrogens is 2. The van der Waals surface area contributed by atoms with Gasteiger partial charge in [-0.05, 0) is 24.6 Å². The Hall–Kier alpha value is -2.49. The molecule has 1 aliphatic heterocycles. The number of halogens is 2. The number of urea groups is 1. The summed E-state index contributed by atoms with van der Waals surface area (Å²) in [5.74, 6) is -1.72. The van der Waals surface area contributed by atoms with E-state index in [0.717, 1.165) is 17.8 Å². The zero-order valence-corrected chi connectivity index (χ0v) is 13.9. The SMILES string of the molecule is CC1NC(=O)NC(=O)C1Cc1nnc(SCc2cc(F)cc(F)c2)o1. The van der Waals surface area contributed by atoms with Crippen LogP contribution < -0.4 is 10.6 Å². The molecule has 2 heterocycles. The summed E-state index contributed by atoms with van der Waals surface area (Å²) in [6, 6.07) is 2.36. The van der Waals surface area contributed by atoms with E-state index in [9.17, 15) is 18.4 Å². The molecule has 2 unspecified atom stereocenters. The van der Waals surface area contributed by atoms with E-state index < -0.39 is 29.5 Å². The molecule has 1 aliphatic rings. The van der Waals surface area contributed by atoms with Gasteiger partial charge in [0.15, 0.2) is 0 Å². The third-order valence-corrected chi connectivity index (χ3v) is 4.55. The van der Waals surface area contributed by atoms with E-state index in [2.05, 4.69) is 20.8 Å². The number of imide groups is 1. The Labute approximate surface area is 145 Å². The van der Waals surface area contributed by atoms with Crippen LogP contribution in [0.25, 0.3) is 0 Å². The van der Waals surface area contributed by atoms with Crippen molar-refractivity contribution >= 4 is 23.7 Å². The number of carbonyl (C=O) groups excluding carboxylic acids is 2. The van der Waals surface area contributed by atoms with Crippen LogP contribution in [0, 0.1) is 17.6 Å². The van der Waals surface area contributed by atoms with Crippen molar-refractivity contribution in [1.82, 2.24) is 20.8 Å². The summed E-state index contributed by atoms with van der Waals surface area (Å²) in [5.41, 5.74) is 0.449. The summed E-state index contributed by atoms with van der Waals surface area (Å²) < 4.78 is 31.8. The number of nitrogens with one attached hydrogen (secondary N) is 2. The summed E-state index contributed by atoms with van der Waals surface area (Å²) in [5, 5.41) is 12.7. The Morgan fingerprint density at radius 1 is 1.20 bits per heavy atom. The molecule has 2 N–H and O–H groups in total. The number of rotatable bonds is 5. The quantitative estimate of drug-likeness (QED) is 0.784. The number of hydrogen-bond acceptors (Lipinski definition) is 6. The lowest BCUT2D eigenvalue weighted by atomic mass is 9.95. The topological polar surface area (TPSA) is 97.1 Å². The van der Waals surface area contributed by atoms with E-state index in [-0.39, 0.29) is 29.3 Å². The summed E-state index contributed by atoms with van der Waals surface area (Å²) in [4.78, 5) is 23.1. The molecule has 7 nitrogen and oxygen atoms in total. The molecule has 3 amide bonds. The lowest BCUT2D eigenvalue weighted by Gasteiger charge is -2.27. The fourth-order valence-electron chi connectivity index (χ4n) is 2.45. The highest BCUT2D eigenvalue weighted by molar-refractivity contribution is 7.98. The first-order valence-electron chi connectivity index (χ1n) is 7.42. The van der Waals surface area contributed by atoms with Crippen molar-refractivity contribution in [1.29, 1.82) is 0 Å². The van der Waals surface area contributed by atoms with Gasteiger partial charge in [0, 0.05) is 24.3 Å². The van der Waals surface area contributed by atoms with Crippen molar-refractivity contribution in [2.24, 2.45) is 5.92 Å².